The van der Waals surface area contributed by atoms with Gasteiger partial charge in [-0.15, -0.1) is 0 Å². The Labute approximate surface area is 111 Å². The maximum Gasteiger partial charge on any atom is 0.129 e. The Balaban J connectivity index is 2.26. The molecule has 2 rings (SSSR count). The van der Waals surface area contributed by atoms with Crippen LogP contribution in [0.5, 0.6) is 0 Å². The lowest BCUT2D eigenvalue weighted by Gasteiger charge is -2.36. The van der Waals surface area contributed by atoms with Gasteiger partial charge in [0.2, 0.25) is 0 Å². The molecule has 0 bridgehead atoms. The lowest BCUT2D eigenvalue weighted by molar-refractivity contribution is 0.399. The normalized spacial score (nSPS) is 15.8. The van der Waals surface area contributed by atoms with Crippen LogP contribution in [0.4, 0.5) is 5.82 Å². The molecule has 3 nitrogen and oxygen atoms in total. The minimum absolute atomic E-state index is 0.482. The van der Waals surface area contributed by atoms with E-state index >= 15 is 0 Å². The number of nitrogens with one attached hydrogen (secondary N) is 1. The second-order valence-electron chi connectivity index (χ2n) is 5.64. The standard InChI is InChI=1S/C15H25N3/c1-11(2)14-8-12(10-16-3)9-15(17-14)18(4)13-6-5-7-13/h8-9,11,13,16H,5-7,10H2,1-4H3. The van der Waals surface area contributed by atoms with Gasteiger partial charge >= 0.3 is 0 Å². The van der Waals surface area contributed by atoms with Crippen molar-refractivity contribution in [3.05, 3.63) is 23.4 Å². The maximum absolute atomic E-state index is 4.82. The van der Waals surface area contributed by atoms with Crippen molar-refractivity contribution in [1.82, 2.24) is 10.3 Å². The summed E-state index contributed by atoms with van der Waals surface area (Å²) in [5, 5.41) is 3.23. The Bertz CT molecular complexity index is 397. The molecule has 3 heteroatoms. The van der Waals surface area contributed by atoms with Gasteiger partial charge in [-0.2, -0.15) is 0 Å². The van der Waals surface area contributed by atoms with Gasteiger partial charge in [-0.3, -0.25) is 0 Å². The van der Waals surface area contributed by atoms with Crippen molar-refractivity contribution in [2.75, 3.05) is 19.0 Å². The summed E-state index contributed by atoms with van der Waals surface area (Å²) in [7, 11) is 4.17. The third kappa shape index (κ3) is 2.83. The molecule has 0 saturated heterocycles. The Morgan fingerprint density at radius 2 is 2.11 bits per heavy atom. The molecule has 18 heavy (non-hydrogen) atoms. The van der Waals surface area contributed by atoms with Crippen LogP contribution in [0.25, 0.3) is 0 Å². The molecule has 1 aromatic heterocycles. The van der Waals surface area contributed by atoms with Gasteiger partial charge in [0.15, 0.2) is 0 Å². The highest BCUT2D eigenvalue weighted by atomic mass is 15.2. The number of aromatic nitrogens is 1. The molecule has 1 heterocycles. The van der Waals surface area contributed by atoms with Crippen LogP contribution in [-0.2, 0) is 6.54 Å². The van der Waals surface area contributed by atoms with E-state index < -0.39 is 0 Å². The molecule has 0 aliphatic heterocycles. The second kappa shape index (κ2) is 5.70. The van der Waals surface area contributed by atoms with Gasteiger partial charge in [0.25, 0.3) is 0 Å². The van der Waals surface area contributed by atoms with Gasteiger partial charge in [-0.25, -0.2) is 4.98 Å². The molecule has 1 N–H and O–H groups in total. The Morgan fingerprint density at radius 3 is 2.61 bits per heavy atom. The van der Waals surface area contributed by atoms with Crippen LogP contribution in [0.15, 0.2) is 12.1 Å². The summed E-state index contributed by atoms with van der Waals surface area (Å²) in [5.74, 6) is 1.62. The summed E-state index contributed by atoms with van der Waals surface area (Å²) in [6, 6.07) is 5.14. The largest absolute Gasteiger partial charge is 0.357 e. The first-order valence-electron chi connectivity index (χ1n) is 7.00. The van der Waals surface area contributed by atoms with E-state index in [1.165, 1.54) is 30.5 Å². The molecule has 0 amide bonds. The highest BCUT2D eigenvalue weighted by Gasteiger charge is 2.23. The van der Waals surface area contributed by atoms with E-state index in [0.29, 0.717) is 12.0 Å². The average molecular weight is 247 g/mol. The first kappa shape index (κ1) is 13.3. The van der Waals surface area contributed by atoms with E-state index in [0.717, 1.165) is 12.4 Å². The fourth-order valence-electron chi connectivity index (χ4n) is 2.34. The first-order valence-corrected chi connectivity index (χ1v) is 7.00. The molecule has 0 unspecified atom stereocenters. The maximum atomic E-state index is 4.82. The summed E-state index contributed by atoms with van der Waals surface area (Å²) in [4.78, 5) is 7.17. The van der Waals surface area contributed by atoms with Crippen LogP contribution in [0.3, 0.4) is 0 Å². The van der Waals surface area contributed by atoms with Crippen molar-refractivity contribution >= 4 is 5.82 Å². The minimum atomic E-state index is 0.482. The first-order chi connectivity index (χ1) is 8.61. The van der Waals surface area contributed by atoms with Gasteiger partial charge in [0.1, 0.15) is 5.82 Å². The third-order valence-corrected chi connectivity index (χ3v) is 3.85. The topological polar surface area (TPSA) is 28.2 Å². The molecule has 1 fully saturated rings. The number of nitrogens with zero attached hydrogens (tertiary/aromatic N) is 2. The van der Waals surface area contributed by atoms with Crippen molar-refractivity contribution in [2.24, 2.45) is 0 Å². The van der Waals surface area contributed by atoms with E-state index in [-0.39, 0.29) is 0 Å². The molecular formula is C15H25N3. The molecule has 0 radical (unpaired) electrons. The van der Waals surface area contributed by atoms with Crippen LogP contribution in [0.1, 0.15) is 50.3 Å². The van der Waals surface area contributed by atoms with Crippen LogP contribution in [0.2, 0.25) is 0 Å². The molecule has 0 spiro atoms. The Morgan fingerprint density at radius 1 is 1.39 bits per heavy atom. The Kier molecular flexibility index (Phi) is 4.23. The van der Waals surface area contributed by atoms with E-state index in [9.17, 15) is 0 Å². The molecule has 1 aliphatic carbocycles. The summed E-state index contributed by atoms with van der Waals surface area (Å²) in [6.07, 6.45) is 3.99. The van der Waals surface area contributed by atoms with Crippen molar-refractivity contribution in [2.45, 2.75) is 51.6 Å². The van der Waals surface area contributed by atoms with Gasteiger partial charge < -0.3 is 10.2 Å². The quantitative estimate of drug-likeness (QED) is 0.867. The number of anilines is 1. The molecule has 0 aromatic carbocycles. The third-order valence-electron chi connectivity index (χ3n) is 3.85. The van der Waals surface area contributed by atoms with Crippen molar-refractivity contribution in [1.29, 1.82) is 0 Å². The summed E-state index contributed by atoms with van der Waals surface area (Å²) in [6.45, 7) is 5.32. The molecule has 1 aromatic rings. The monoisotopic (exact) mass is 247 g/mol. The van der Waals surface area contributed by atoms with Crippen molar-refractivity contribution < 1.29 is 0 Å². The highest BCUT2D eigenvalue weighted by molar-refractivity contribution is 5.44. The molecular weight excluding hydrogens is 222 g/mol. The lowest BCUT2D eigenvalue weighted by atomic mass is 9.92. The minimum Gasteiger partial charge on any atom is -0.357 e. The lowest BCUT2D eigenvalue weighted by Crippen LogP contribution is -2.37. The van der Waals surface area contributed by atoms with E-state index in [2.05, 4.69) is 43.2 Å². The number of rotatable bonds is 5. The molecule has 1 saturated carbocycles. The van der Waals surface area contributed by atoms with Crippen LogP contribution >= 0.6 is 0 Å². The van der Waals surface area contributed by atoms with Gasteiger partial charge in [0, 0.05) is 25.3 Å². The van der Waals surface area contributed by atoms with E-state index in [1.807, 2.05) is 7.05 Å². The second-order valence-corrected chi connectivity index (χ2v) is 5.64. The van der Waals surface area contributed by atoms with Crippen molar-refractivity contribution in [3.63, 3.8) is 0 Å². The Hall–Kier alpha value is -1.09. The SMILES string of the molecule is CNCc1cc(C(C)C)nc(N(C)C2CCC2)c1. The molecule has 1 aliphatic rings. The van der Waals surface area contributed by atoms with Crippen molar-refractivity contribution in [3.8, 4) is 0 Å². The zero-order chi connectivity index (χ0) is 13.1. The van der Waals surface area contributed by atoms with E-state index in [4.69, 9.17) is 4.98 Å². The number of pyridine rings is 1. The van der Waals surface area contributed by atoms with Crippen LogP contribution in [-0.4, -0.2) is 25.1 Å². The fourth-order valence-corrected chi connectivity index (χ4v) is 2.34. The van der Waals surface area contributed by atoms with Crippen LogP contribution < -0.4 is 10.2 Å². The summed E-state index contributed by atoms with van der Waals surface area (Å²) in [5.41, 5.74) is 2.53. The molecule has 0 atom stereocenters. The smallest absolute Gasteiger partial charge is 0.129 e. The number of hydrogen-bond donors (Lipinski definition) is 1. The average Bonchev–Trinajstić information content (AvgIpc) is 2.26. The van der Waals surface area contributed by atoms with E-state index in [1.54, 1.807) is 0 Å². The summed E-state index contributed by atoms with van der Waals surface area (Å²) >= 11 is 0. The predicted octanol–water partition coefficient (Wildman–Crippen LogP) is 2.91. The fraction of sp³-hybridized carbons (Fsp3) is 0.667. The zero-order valence-corrected chi connectivity index (χ0v) is 12.0. The van der Waals surface area contributed by atoms with Crippen LogP contribution in [0, 0.1) is 0 Å². The van der Waals surface area contributed by atoms with Gasteiger partial charge in [0.05, 0.1) is 0 Å². The predicted molar refractivity (Wildman–Crippen MR) is 77.1 cm³/mol. The zero-order valence-electron chi connectivity index (χ0n) is 12.0. The van der Waals surface area contributed by atoms with Gasteiger partial charge in [-0.1, -0.05) is 13.8 Å². The highest BCUT2D eigenvalue weighted by Crippen LogP contribution is 2.28. The van der Waals surface area contributed by atoms with Gasteiger partial charge in [-0.05, 0) is 49.9 Å². The number of hydrogen-bond acceptors (Lipinski definition) is 3. The molecule has 100 valence electrons. The summed E-state index contributed by atoms with van der Waals surface area (Å²) < 4.78 is 0.